The Labute approximate surface area is 145 Å². The van der Waals surface area contributed by atoms with E-state index in [0.29, 0.717) is 12.0 Å². The minimum atomic E-state index is 0.314. The third kappa shape index (κ3) is 1.64. The van der Waals surface area contributed by atoms with E-state index >= 15 is 0 Å². The molecule has 0 bridgehead atoms. The van der Waals surface area contributed by atoms with Gasteiger partial charge in [-0.2, -0.15) is 0 Å². The summed E-state index contributed by atoms with van der Waals surface area (Å²) in [5.74, 6) is 0.361. The molecule has 0 saturated heterocycles. The van der Waals surface area contributed by atoms with E-state index in [-0.39, 0.29) is 0 Å². The summed E-state index contributed by atoms with van der Waals surface area (Å²) >= 11 is 0. The number of rotatable bonds is 0. The molecular formula is C23H17NO. The fourth-order valence-corrected chi connectivity index (χ4v) is 4.63. The molecule has 120 valence electrons. The number of nitrogens with zero attached hydrogens (tertiary/aromatic N) is 1. The summed E-state index contributed by atoms with van der Waals surface area (Å²) < 4.78 is 6.12. The van der Waals surface area contributed by atoms with Gasteiger partial charge in [0.25, 0.3) is 0 Å². The van der Waals surface area contributed by atoms with Gasteiger partial charge in [-0.05, 0) is 34.5 Å². The summed E-state index contributed by atoms with van der Waals surface area (Å²) in [5.41, 5.74) is 4.75. The van der Waals surface area contributed by atoms with Gasteiger partial charge in [0.2, 0.25) is 0 Å². The molecule has 3 aromatic carbocycles. The molecule has 2 heteroatoms. The van der Waals surface area contributed by atoms with Crippen LogP contribution in [-0.4, -0.2) is 13.1 Å². The van der Waals surface area contributed by atoms with Crippen LogP contribution in [0.15, 0.2) is 65.1 Å². The molecule has 1 aliphatic heterocycles. The van der Waals surface area contributed by atoms with Gasteiger partial charge >= 0.3 is 0 Å². The lowest BCUT2D eigenvalue weighted by Crippen LogP contribution is -2.37. The number of furan rings is 1. The molecule has 2 heterocycles. The van der Waals surface area contributed by atoms with Crippen molar-refractivity contribution in [2.45, 2.75) is 12.0 Å². The van der Waals surface area contributed by atoms with Gasteiger partial charge in [0.05, 0.1) is 6.04 Å². The molecule has 1 aliphatic carbocycles. The van der Waals surface area contributed by atoms with E-state index in [0.717, 1.165) is 11.0 Å². The minimum absolute atomic E-state index is 0.314. The Balaban J connectivity index is 1.72. The zero-order valence-corrected chi connectivity index (χ0v) is 13.9. The van der Waals surface area contributed by atoms with Crippen molar-refractivity contribution in [1.82, 2.24) is 0 Å². The second-order valence-electron chi connectivity index (χ2n) is 7.06. The quantitative estimate of drug-likeness (QED) is 0.490. The molecule has 25 heavy (non-hydrogen) atoms. The first kappa shape index (κ1) is 13.3. The third-order valence-corrected chi connectivity index (χ3v) is 5.81. The number of likely N-dealkylation sites (N-methyl/N-ethyl adjacent to an activating group) is 1. The van der Waals surface area contributed by atoms with Crippen LogP contribution < -0.4 is 15.5 Å². The number of benzene rings is 3. The van der Waals surface area contributed by atoms with E-state index in [1.165, 1.54) is 32.6 Å². The molecule has 2 unspecified atom stereocenters. The van der Waals surface area contributed by atoms with Gasteiger partial charge in [-0.3, -0.25) is 0 Å². The van der Waals surface area contributed by atoms with E-state index in [1.54, 1.807) is 0 Å². The van der Waals surface area contributed by atoms with Crippen LogP contribution in [0.5, 0.6) is 0 Å². The van der Waals surface area contributed by atoms with E-state index < -0.39 is 0 Å². The molecule has 0 fully saturated rings. The molecule has 2 atom stereocenters. The van der Waals surface area contributed by atoms with Gasteiger partial charge in [-0.25, -0.2) is 0 Å². The molecular weight excluding hydrogens is 306 g/mol. The van der Waals surface area contributed by atoms with E-state index in [1.807, 2.05) is 6.07 Å². The topological polar surface area (TPSA) is 16.4 Å². The van der Waals surface area contributed by atoms with Crippen molar-refractivity contribution >= 4 is 39.6 Å². The second kappa shape index (κ2) is 4.54. The van der Waals surface area contributed by atoms with Gasteiger partial charge in [0, 0.05) is 29.3 Å². The van der Waals surface area contributed by atoms with Crippen molar-refractivity contribution in [3.63, 3.8) is 0 Å². The number of fused-ring (bicyclic) bond motifs is 8. The highest BCUT2D eigenvalue weighted by molar-refractivity contribution is 5.95. The molecule has 1 aromatic heterocycles. The van der Waals surface area contributed by atoms with Crippen molar-refractivity contribution in [3.8, 4) is 0 Å². The first-order valence-electron chi connectivity index (χ1n) is 8.77. The predicted octanol–water partition coefficient (Wildman–Crippen LogP) is 3.76. The molecule has 0 N–H and O–H groups in total. The lowest BCUT2D eigenvalue weighted by atomic mass is 9.87. The molecule has 6 rings (SSSR count). The Morgan fingerprint density at radius 3 is 2.56 bits per heavy atom. The van der Waals surface area contributed by atoms with Crippen LogP contribution in [-0.2, 0) is 0 Å². The molecule has 0 spiro atoms. The third-order valence-electron chi connectivity index (χ3n) is 5.81. The van der Waals surface area contributed by atoms with Crippen molar-refractivity contribution in [3.05, 3.63) is 76.9 Å². The standard InChI is InChI=1S/C23H17NO/c1-24-19-11-10-14-6-2-3-7-15(14)23(19)18-12-17-16-8-4-5-9-21(16)25-22(17)13-20(18)24/h2-13,18,20H,1H3. The normalized spacial score (nSPS) is 20.8. The summed E-state index contributed by atoms with van der Waals surface area (Å²) in [6, 6.07) is 21.8. The van der Waals surface area contributed by atoms with Crippen LogP contribution in [0.25, 0.3) is 33.9 Å². The highest BCUT2D eigenvalue weighted by Crippen LogP contribution is 2.46. The zero-order chi connectivity index (χ0) is 16.5. The molecule has 0 radical (unpaired) electrons. The monoisotopic (exact) mass is 323 g/mol. The van der Waals surface area contributed by atoms with E-state index in [9.17, 15) is 0 Å². The number of hydrogen-bond acceptors (Lipinski definition) is 2. The van der Waals surface area contributed by atoms with Crippen LogP contribution in [0.4, 0.5) is 5.69 Å². The summed E-state index contributed by atoms with van der Waals surface area (Å²) in [7, 11) is 2.19. The van der Waals surface area contributed by atoms with Crippen LogP contribution in [0.2, 0.25) is 0 Å². The zero-order valence-electron chi connectivity index (χ0n) is 13.9. The second-order valence-corrected chi connectivity index (χ2v) is 7.06. The molecule has 2 nitrogen and oxygen atoms in total. The largest absolute Gasteiger partial charge is 0.456 e. The van der Waals surface area contributed by atoms with Crippen molar-refractivity contribution in [2.75, 3.05) is 11.9 Å². The average Bonchev–Trinajstić information content (AvgIpc) is 3.16. The van der Waals surface area contributed by atoms with Gasteiger partial charge in [-0.15, -0.1) is 0 Å². The Hall–Kier alpha value is -3.00. The van der Waals surface area contributed by atoms with Crippen LogP contribution in [0, 0.1) is 0 Å². The Morgan fingerprint density at radius 2 is 1.64 bits per heavy atom. The Kier molecular flexibility index (Phi) is 2.42. The van der Waals surface area contributed by atoms with Gasteiger partial charge in [-0.1, -0.05) is 54.6 Å². The maximum absolute atomic E-state index is 6.12. The van der Waals surface area contributed by atoms with Crippen LogP contribution in [0.1, 0.15) is 11.5 Å². The maximum atomic E-state index is 6.12. The summed E-state index contributed by atoms with van der Waals surface area (Å²) in [6.45, 7) is 0. The fraction of sp³-hybridized carbons (Fsp3) is 0.130. The minimum Gasteiger partial charge on any atom is -0.456 e. The van der Waals surface area contributed by atoms with Crippen molar-refractivity contribution < 1.29 is 4.42 Å². The highest BCUT2D eigenvalue weighted by Gasteiger charge is 2.37. The SMILES string of the molecule is CN1c2ccc3ccccc3c2C2C=c3c(oc4ccccc34)=CC21. The Bertz CT molecular complexity index is 1280. The lowest BCUT2D eigenvalue weighted by Gasteiger charge is -2.23. The maximum Gasteiger partial charge on any atom is 0.135 e. The first-order chi connectivity index (χ1) is 12.3. The van der Waals surface area contributed by atoms with Gasteiger partial charge in [0.1, 0.15) is 11.0 Å². The highest BCUT2D eigenvalue weighted by atomic mass is 16.3. The average molecular weight is 323 g/mol. The first-order valence-corrected chi connectivity index (χ1v) is 8.77. The number of anilines is 1. The van der Waals surface area contributed by atoms with Crippen molar-refractivity contribution in [2.24, 2.45) is 0 Å². The summed E-state index contributed by atoms with van der Waals surface area (Å²) in [6.07, 6.45) is 4.72. The van der Waals surface area contributed by atoms with Crippen LogP contribution in [0.3, 0.4) is 0 Å². The van der Waals surface area contributed by atoms with Crippen molar-refractivity contribution in [1.29, 1.82) is 0 Å². The molecule has 2 aliphatic rings. The lowest BCUT2D eigenvalue weighted by molar-refractivity contribution is 0.566. The summed E-state index contributed by atoms with van der Waals surface area (Å²) in [5, 5.41) is 5.13. The number of hydrogen-bond donors (Lipinski definition) is 0. The van der Waals surface area contributed by atoms with Gasteiger partial charge in [0.15, 0.2) is 0 Å². The smallest absolute Gasteiger partial charge is 0.135 e. The van der Waals surface area contributed by atoms with E-state index in [4.69, 9.17) is 4.42 Å². The Morgan fingerprint density at radius 1 is 0.840 bits per heavy atom. The predicted molar refractivity (Wildman–Crippen MR) is 103 cm³/mol. The molecule has 4 aromatic rings. The van der Waals surface area contributed by atoms with Gasteiger partial charge < -0.3 is 9.32 Å². The molecule has 0 amide bonds. The summed E-state index contributed by atoms with van der Waals surface area (Å²) in [4.78, 5) is 2.39. The molecule has 0 saturated carbocycles. The fourth-order valence-electron chi connectivity index (χ4n) is 4.63. The number of para-hydroxylation sites is 1. The van der Waals surface area contributed by atoms with Crippen LogP contribution >= 0.6 is 0 Å². The van der Waals surface area contributed by atoms with E-state index in [2.05, 4.69) is 78.7 Å².